The Hall–Kier alpha value is -2.80. The van der Waals surface area contributed by atoms with Crippen LogP contribution in [0.1, 0.15) is 26.3 Å². The molecular weight excluding hydrogens is 334 g/mol. The lowest BCUT2D eigenvalue weighted by atomic mass is 9.57. The Morgan fingerprint density at radius 2 is 1.96 bits per heavy atom. The first kappa shape index (κ1) is 16.7. The third-order valence-electron chi connectivity index (χ3n) is 6.14. The summed E-state index contributed by atoms with van der Waals surface area (Å²) in [5.74, 6) is -3.16. The van der Waals surface area contributed by atoms with Crippen molar-refractivity contribution >= 4 is 17.5 Å². The largest absolute Gasteiger partial charge is 0.503 e. The highest BCUT2D eigenvalue weighted by atomic mass is 16.5. The second-order valence-electron chi connectivity index (χ2n) is 7.60. The van der Waals surface area contributed by atoms with Gasteiger partial charge in [-0.1, -0.05) is 38.1 Å². The lowest BCUT2D eigenvalue weighted by molar-refractivity contribution is -0.149. The van der Waals surface area contributed by atoms with Crippen LogP contribution in [0, 0.1) is 5.41 Å². The van der Waals surface area contributed by atoms with Gasteiger partial charge in [0.25, 0.3) is 5.91 Å². The summed E-state index contributed by atoms with van der Waals surface area (Å²) in [4.78, 5) is 26.6. The van der Waals surface area contributed by atoms with Crippen molar-refractivity contribution in [2.24, 2.45) is 5.41 Å². The van der Waals surface area contributed by atoms with Gasteiger partial charge in [0.05, 0.1) is 11.1 Å². The highest BCUT2D eigenvalue weighted by Gasteiger charge is 2.76. The van der Waals surface area contributed by atoms with Gasteiger partial charge in [-0.2, -0.15) is 0 Å². The highest BCUT2D eigenvalue weighted by molar-refractivity contribution is 6.02. The van der Waals surface area contributed by atoms with Gasteiger partial charge < -0.3 is 10.4 Å². The fraction of sp³-hybridized carbons (Fsp3) is 0.368. The number of anilines is 1. The number of hydrogen-bond donors (Lipinski definition) is 3. The van der Waals surface area contributed by atoms with Crippen LogP contribution in [0.15, 0.2) is 48.8 Å². The topological polar surface area (TPSA) is 93.1 Å². The standard InChI is InChI=1S/C19H21N3O4/c1-5-17(3,4)18-10-14(23)16(25)21-11(2)15(24)20-19(18,21)22(26)13-9-7-6-8-12(13)18/h5-11,23,26H,1H2,2-4H3,(H,20,24)/t11-,18-,19-/m0/s1. The van der Waals surface area contributed by atoms with Gasteiger partial charge in [0, 0.05) is 5.41 Å². The van der Waals surface area contributed by atoms with Gasteiger partial charge in [-0.25, -0.2) is 5.06 Å². The van der Waals surface area contributed by atoms with E-state index in [4.69, 9.17) is 0 Å². The summed E-state index contributed by atoms with van der Waals surface area (Å²) in [7, 11) is 0. The summed E-state index contributed by atoms with van der Waals surface area (Å²) in [6.45, 7) is 9.29. The number of aliphatic hydroxyl groups is 1. The molecule has 3 atom stereocenters. The van der Waals surface area contributed by atoms with Crippen LogP contribution in [-0.4, -0.2) is 38.9 Å². The molecule has 0 bridgehead atoms. The second-order valence-corrected chi connectivity index (χ2v) is 7.60. The monoisotopic (exact) mass is 355 g/mol. The van der Waals surface area contributed by atoms with E-state index >= 15 is 0 Å². The van der Waals surface area contributed by atoms with E-state index in [0.717, 1.165) is 5.06 Å². The number of hydrogen-bond acceptors (Lipinski definition) is 5. The molecule has 1 fully saturated rings. The fourth-order valence-corrected chi connectivity index (χ4v) is 4.73. The number of carbonyl (C=O) groups excluding carboxylic acids is 2. The minimum Gasteiger partial charge on any atom is -0.503 e. The van der Waals surface area contributed by atoms with Crippen LogP contribution in [0.5, 0.6) is 0 Å². The van der Waals surface area contributed by atoms with Crippen molar-refractivity contribution in [3.63, 3.8) is 0 Å². The van der Waals surface area contributed by atoms with E-state index in [0.29, 0.717) is 11.3 Å². The maximum absolute atomic E-state index is 12.8. The van der Waals surface area contributed by atoms with Crippen molar-refractivity contribution in [2.75, 3.05) is 5.06 Å². The quantitative estimate of drug-likeness (QED) is 0.704. The van der Waals surface area contributed by atoms with Crippen LogP contribution in [0.25, 0.3) is 0 Å². The van der Waals surface area contributed by atoms with Gasteiger partial charge in [0.15, 0.2) is 5.76 Å². The molecule has 1 aromatic rings. The van der Waals surface area contributed by atoms with Gasteiger partial charge in [-0.3, -0.25) is 19.7 Å². The first-order valence-electron chi connectivity index (χ1n) is 8.45. The van der Waals surface area contributed by atoms with Gasteiger partial charge in [-0.15, -0.1) is 6.58 Å². The summed E-state index contributed by atoms with van der Waals surface area (Å²) in [5, 5.41) is 25.5. The molecule has 1 aromatic carbocycles. The van der Waals surface area contributed by atoms with Crippen molar-refractivity contribution in [3.05, 3.63) is 54.3 Å². The predicted molar refractivity (Wildman–Crippen MR) is 94.3 cm³/mol. The number of benzene rings is 1. The van der Waals surface area contributed by atoms with Crippen LogP contribution in [0.3, 0.4) is 0 Å². The molecule has 3 aliphatic heterocycles. The third kappa shape index (κ3) is 1.45. The predicted octanol–water partition coefficient (Wildman–Crippen LogP) is 1.80. The van der Waals surface area contributed by atoms with Crippen molar-refractivity contribution < 1.29 is 19.9 Å². The zero-order valence-corrected chi connectivity index (χ0v) is 14.9. The highest BCUT2D eigenvalue weighted by Crippen LogP contribution is 2.63. The van der Waals surface area contributed by atoms with Gasteiger partial charge in [0.1, 0.15) is 6.04 Å². The molecule has 0 radical (unpaired) electrons. The van der Waals surface area contributed by atoms with Gasteiger partial charge in [-0.05, 0) is 24.6 Å². The Balaban J connectivity index is 2.20. The molecule has 136 valence electrons. The number of amides is 2. The maximum Gasteiger partial charge on any atom is 0.292 e. The van der Waals surface area contributed by atoms with E-state index in [9.17, 15) is 19.9 Å². The van der Waals surface area contributed by atoms with E-state index in [1.807, 2.05) is 26.0 Å². The molecule has 7 nitrogen and oxygen atoms in total. The van der Waals surface area contributed by atoms with Crippen LogP contribution in [-0.2, 0) is 15.0 Å². The molecule has 3 aliphatic rings. The molecule has 3 N–H and O–H groups in total. The van der Waals surface area contributed by atoms with E-state index in [2.05, 4.69) is 11.9 Å². The molecule has 4 rings (SSSR count). The van der Waals surface area contributed by atoms with Crippen molar-refractivity contribution in [3.8, 4) is 0 Å². The zero-order valence-electron chi connectivity index (χ0n) is 14.9. The molecule has 2 amide bonds. The summed E-state index contributed by atoms with van der Waals surface area (Å²) < 4.78 is 0. The molecule has 0 unspecified atom stereocenters. The number of rotatable bonds is 2. The normalized spacial score (nSPS) is 32.6. The average Bonchev–Trinajstić information content (AvgIpc) is 3.00. The van der Waals surface area contributed by atoms with Crippen molar-refractivity contribution in [1.82, 2.24) is 10.2 Å². The van der Waals surface area contributed by atoms with Crippen LogP contribution >= 0.6 is 0 Å². The summed E-state index contributed by atoms with van der Waals surface area (Å²) in [5.41, 5.74) is -0.748. The first-order chi connectivity index (χ1) is 12.2. The summed E-state index contributed by atoms with van der Waals surface area (Å²) in [6, 6.07) is 6.26. The molecule has 26 heavy (non-hydrogen) atoms. The molecule has 3 heterocycles. The lowest BCUT2D eigenvalue weighted by Gasteiger charge is -2.56. The molecule has 1 saturated heterocycles. The average molecular weight is 355 g/mol. The Morgan fingerprint density at radius 1 is 1.31 bits per heavy atom. The number of allylic oxidation sites excluding steroid dienone is 1. The zero-order chi connectivity index (χ0) is 19.1. The number of nitrogens with one attached hydrogen (secondary N) is 1. The molecule has 0 saturated carbocycles. The fourth-order valence-electron chi connectivity index (χ4n) is 4.73. The Morgan fingerprint density at radius 3 is 2.62 bits per heavy atom. The van der Waals surface area contributed by atoms with Gasteiger partial charge >= 0.3 is 0 Å². The lowest BCUT2D eigenvalue weighted by Crippen LogP contribution is -2.76. The number of fused-ring (bicyclic) bond motifs is 2. The van der Waals surface area contributed by atoms with E-state index in [-0.39, 0.29) is 0 Å². The SMILES string of the molecule is C=CC(C)(C)[C@@]12C=C(O)C(=O)N3[C@@H](C)C(=O)N[C@]31N(O)c1ccccc12. The number of nitrogens with zero attached hydrogens (tertiary/aromatic N) is 2. The first-order valence-corrected chi connectivity index (χ1v) is 8.45. The molecular formula is C19H21N3O4. The summed E-state index contributed by atoms with van der Waals surface area (Å²) in [6.07, 6.45) is 3.15. The van der Waals surface area contributed by atoms with E-state index in [1.165, 1.54) is 11.0 Å². The Bertz CT molecular complexity index is 893. The number of para-hydroxylation sites is 1. The minimum absolute atomic E-state index is 0.405. The maximum atomic E-state index is 12.8. The smallest absolute Gasteiger partial charge is 0.292 e. The van der Waals surface area contributed by atoms with Crippen LogP contribution in [0.4, 0.5) is 5.69 Å². The number of carbonyl (C=O) groups is 2. The van der Waals surface area contributed by atoms with Gasteiger partial charge in [0.2, 0.25) is 11.7 Å². The third-order valence-corrected chi connectivity index (χ3v) is 6.14. The van der Waals surface area contributed by atoms with E-state index in [1.54, 1.807) is 25.1 Å². The number of aliphatic hydroxyl groups excluding tert-OH is 1. The second kappa shape index (κ2) is 4.67. The summed E-state index contributed by atoms with van der Waals surface area (Å²) >= 11 is 0. The Kier molecular flexibility index (Phi) is 2.99. The molecule has 0 aromatic heterocycles. The van der Waals surface area contributed by atoms with Crippen LogP contribution < -0.4 is 10.4 Å². The minimum atomic E-state index is -1.59. The van der Waals surface area contributed by atoms with Crippen molar-refractivity contribution in [2.45, 2.75) is 38.0 Å². The van der Waals surface area contributed by atoms with Crippen molar-refractivity contribution in [1.29, 1.82) is 0 Å². The molecule has 1 spiro atoms. The molecule has 0 aliphatic carbocycles. The van der Waals surface area contributed by atoms with Crippen LogP contribution in [0.2, 0.25) is 0 Å². The number of hydroxylamine groups is 1. The Labute approximate surface area is 151 Å². The van der Waals surface area contributed by atoms with E-state index < -0.39 is 40.2 Å². The molecule has 7 heteroatoms.